The lowest BCUT2D eigenvalue weighted by molar-refractivity contribution is -0.124. The van der Waals surface area contributed by atoms with Gasteiger partial charge in [-0.3, -0.25) is 9.59 Å². The third kappa shape index (κ3) is 3.04. The molecule has 0 saturated carbocycles. The lowest BCUT2D eigenvalue weighted by Gasteiger charge is -2.39. The van der Waals surface area contributed by atoms with Crippen molar-refractivity contribution < 1.29 is 9.59 Å². The van der Waals surface area contributed by atoms with Crippen LogP contribution in [0.2, 0.25) is 0 Å². The van der Waals surface area contributed by atoms with Crippen LogP contribution in [-0.2, 0) is 4.79 Å². The molecule has 0 bridgehead atoms. The van der Waals surface area contributed by atoms with E-state index in [1.807, 2.05) is 56.3 Å². The second-order valence-electron chi connectivity index (χ2n) is 6.37. The van der Waals surface area contributed by atoms with Crippen LogP contribution in [0.3, 0.4) is 0 Å². The predicted molar refractivity (Wildman–Crippen MR) is 95.2 cm³/mol. The van der Waals surface area contributed by atoms with E-state index in [1.165, 1.54) is 0 Å². The lowest BCUT2D eigenvalue weighted by atomic mass is 10.1. The van der Waals surface area contributed by atoms with Crippen molar-refractivity contribution in [1.82, 2.24) is 4.90 Å². The maximum Gasteiger partial charge on any atom is 0.254 e. The van der Waals surface area contributed by atoms with E-state index in [9.17, 15) is 9.59 Å². The molecule has 2 aromatic carbocycles. The summed E-state index contributed by atoms with van der Waals surface area (Å²) in [5, 5.41) is 0. The van der Waals surface area contributed by atoms with Crippen molar-refractivity contribution in [2.45, 2.75) is 26.8 Å². The second-order valence-corrected chi connectivity index (χ2v) is 6.37. The van der Waals surface area contributed by atoms with Gasteiger partial charge in [-0.15, -0.1) is 0 Å². The average molecular weight is 322 g/mol. The Morgan fingerprint density at radius 2 is 1.67 bits per heavy atom. The summed E-state index contributed by atoms with van der Waals surface area (Å²) in [6.45, 7) is 6.83. The van der Waals surface area contributed by atoms with E-state index >= 15 is 0 Å². The van der Waals surface area contributed by atoms with Crippen molar-refractivity contribution in [3.63, 3.8) is 0 Å². The summed E-state index contributed by atoms with van der Waals surface area (Å²) in [6, 6.07) is 14.9. The van der Waals surface area contributed by atoms with Crippen LogP contribution in [-0.4, -0.2) is 35.8 Å². The molecule has 2 amide bonds. The second kappa shape index (κ2) is 6.48. The van der Waals surface area contributed by atoms with Crippen LogP contribution in [0.15, 0.2) is 48.5 Å². The molecule has 2 aromatic rings. The number of aryl methyl sites for hydroxylation is 2. The van der Waals surface area contributed by atoms with E-state index in [0.717, 1.165) is 16.8 Å². The first-order chi connectivity index (χ1) is 11.5. The van der Waals surface area contributed by atoms with Gasteiger partial charge in [-0.25, -0.2) is 0 Å². The number of hydrogen-bond donors (Lipinski definition) is 0. The molecule has 0 N–H and O–H groups in total. The van der Waals surface area contributed by atoms with Gasteiger partial charge in [-0.05, 0) is 50.6 Å². The van der Waals surface area contributed by atoms with Gasteiger partial charge in [0.1, 0.15) is 6.04 Å². The Labute approximate surface area is 142 Å². The molecular formula is C20H22N2O2. The smallest absolute Gasteiger partial charge is 0.254 e. The predicted octanol–water partition coefficient (Wildman–Crippen LogP) is 3.18. The highest BCUT2D eigenvalue weighted by Crippen LogP contribution is 2.22. The Bertz CT molecular complexity index is 785. The Morgan fingerprint density at radius 3 is 2.33 bits per heavy atom. The van der Waals surface area contributed by atoms with E-state index < -0.39 is 6.04 Å². The maximum atomic E-state index is 12.8. The minimum atomic E-state index is -0.465. The molecule has 1 aliphatic rings. The fourth-order valence-electron chi connectivity index (χ4n) is 3.14. The highest BCUT2D eigenvalue weighted by atomic mass is 16.2. The first kappa shape index (κ1) is 16.2. The molecule has 3 rings (SSSR count). The number of rotatable bonds is 2. The molecule has 0 radical (unpaired) electrons. The molecule has 4 heteroatoms. The van der Waals surface area contributed by atoms with Gasteiger partial charge in [0.25, 0.3) is 5.91 Å². The molecule has 1 fully saturated rings. The molecule has 1 aliphatic heterocycles. The number of benzene rings is 2. The van der Waals surface area contributed by atoms with Crippen LogP contribution < -0.4 is 4.90 Å². The molecule has 1 heterocycles. The normalized spacial score (nSPS) is 18.0. The van der Waals surface area contributed by atoms with Crippen LogP contribution in [0.1, 0.15) is 28.4 Å². The summed E-state index contributed by atoms with van der Waals surface area (Å²) >= 11 is 0. The van der Waals surface area contributed by atoms with Gasteiger partial charge in [0.05, 0.1) is 0 Å². The van der Waals surface area contributed by atoms with Gasteiger partial charge in [0.2, 0.25) is 5.91 Å². The third-order valence-electron chi connectivity index (χ3n) is 4.49. The largest absolute Gasteiger partial charge is 0.325 e. The van der Waals surface area contributed by atoms with Crippen LogP contribution >= 0.6 is 0 Å². The molecular weight excluding hydrogens is 300 g/mol. The Hall–Kier alpha value is -2.62. The standard InChI is InChI=1S/C20H22N2O2/c1-14-6-4-8-17(12-14)20(24)21-10-11-22(19(23)16(21)3)18-9-5-7-15(2)13-18/h4-9,12-13,16H,10-11H2,1-3H3/t16-/m1/s1. The quantitative estimate of drug-likeness (QED) is 0.852. The number of carbonyl (C=O) groups excluding carboxylic acids is 2. The summed E-state index contributed by atoms with van der Waals surface area (Å²) in [6.07, 6.45) is 0. The van der Waals surface area contributed by atoms with Crippen LogP contribution in [0, 0.1) is 13.8 Å². The summed E-state index contributed by atoms with van der Waals surface area (Å²) in [7, 11) is 0. The van der Waals surface area contributed by atoms with E-state index in [-0.39, 0.29) is 11.8 Å². The SMILES string of the molecule is Cc1cccc(C(=O)N2CCN(c3cccc(C)c3)C(=O)[C@H]2C)c1. The Balaban J connectivity index is 1.81. The monoisotopic (exact) mass is 322 g/mol. The van der Waals surface area contributed by atoms with E-state index in [4.69, 9.17) is 0 Å². The molecule has 4 nitrogen and oxygen atoms in total. The van der Waals surface area contributed by atoms with Crippen molar-refractivity contribution in [1.29, 1.82) is 0 Å². The first-order valence-corrected chi connectivity index (χ1v) is 8.23. The molecule has 1 atom stereocenters. The van der Waals surface area contributed by atoms with Gasteiger partial charge in [-0.2, -0.15) is 0 Å². The highest BCUT2D eigenvalue weighted by molar-refractivity contribution is 6.03. The van der Waals surface area contributed by atoms with Gasteiger partial charge < -0.3 is 9.80 Å². The summed E-state index contributed by atoms with van der Waals surface area (Å²) in [4.78, 5) is 29.0. The van der Waals surface area contributed by atoms with Gasteiger partial charge >= 0.3 is 0 Å². The zero-order valence-electron chi connectivity index (χ0n) is 14.3. The van der Waals surface area contributed by atoms with Gasteiger partial charge in [0, 0.05) is 24.3 Å². The van der Waals surface area contributed by atoms with Gasteiger partial charge in [-0.1, -0.05) is 29.8 Å². The van der Waals surface area contributed by atoms with E-state index in [0.29, 0.717) is 18.7 Å². The van der Waals surface area contributed by atoms with Crippen LogP contribution in [0.4, 0.5) is 5.69 Å². The zero-order chi connectivity index (χ0) is 17.3. The van der Waals surface area contributed by atoms with Gasteiger partial charge in [0.15, 0.2) is 0 Å². The van der Waals surface area contributed by atoms with Crippen molar-refractivity contribution in [3.05, 3.63) is 65.2 Å². The number of hydrogen-bond acceptors (Lipinski definition) is 2. The summed E-state index contributed by atoms with van der Waals surface area (Å²) < 4.78 is 0. The van der Waals surface area contributed by atoms with Crippen LogP contribution in [0.25, 0.3) is 0 Å². The Morgan fingerprint density at radius 1 is 1.00 bits per heavy atom. The summed E-state index contributed by atoms with van der Waals surface area (Å²) in [5.41, 5.74) is 3.69. The number of piperazine rings is 1. The topological polar surface area (TPSA) is 40.6 Å². The molecule has 0 spiro atoms. The number of amides is 2. The fraction of sp³-hybridized carbons (Fsp3) is 0.300. The molecule has 0 aromatic heterocycles. The molecule has 124 valence electrons. The number of nitrogens with zero attached hydrogens (tertiary/aromatic N) is 2. The van der Waals surface area contributed by atoms with Crippen molar-refractivity contribution >= 4 is 17.5 Å². The molecule has 0 aliphatic carbocycles. The van der Waals surface area contributed by atoms with Crippen molar-refractivity contribution in [2.24, 2.45) is 0 Å². The first-order valence-electron chi connectivity index (χ1n) is 8.23. The molecule has 24 heavy (non-hydrogen) atoms. The van der Waals surface area contributed by atoms with Crippen molar-refractivity contribution in [3.8, 4) is 0 Å². The van der Waals surface area contributed by atoms with E-state index in [2.05, 4.69) is 0 Å². The average Bonchev–Trinajstić information content (AvgIpc) is 2.56. The number of anilines is 1. The lowest BCUT2D eigenvalue weighted by Crippen LogP contribution is -2.57. The minimum Gasteiger partial charge on any atom is -0.325 e. The van der Waals surface area contributed by atoms with E-state index in [1.54, 1.807) is 22.8 Å². The highest BCUT2D eigenvalue weighted by Gasteiger charge is 2.35. The van der Waals surface area contributed by atoms with Crippen molar-refractivity contribution in [2.75, 3.05) is 18.0 Å². The minimum absolute atomic E-state index is 0.0344. The summed E-state index contributed by atoms with van der Waals surface area (Å²) in [5.74, 6) is -0.115. The fourth-order valence-corrected chi connectivity index (χ4v) is 3.14. The van der Waals surface area contributed by atoms with Crippen LogP contribution in [0.5, 0.6) is 0 Å². The number of carbonyl (C=O) groups is 2. The maximum absolute atomic E-state index is 12.8. The third-order valence-corrected chi connectivity index (χ3v) is 4.49. The molecule has 0 unspecified atom stereocenters. The zero-order valence-corrected chi connectivity index (χ0v) is 14.3. The molecule has 1 saturated heterocycles. The Kier molecular flexibility index (Phi) is 4.38.